The molecule has 0 aliphatic carbocycles. The van der Waals surface area contributed by atoms with Crippen LogP contribution in [0.15, 0.2) is 4.52 Å². The van der Waals surface area contributed by atoms with E-state index in [2.05, 4.69) is 29.3 Å². The van der Waals surface area contributed by atoms with E-state index in [0.717, 1.165) is 57.0 Å². The molecule has 1 rings (SSSR count). The lowest BCUT2D eigenvalue weighted by Crippen LogP contribution is -2.31. The molecule has 0 radical (unpaired) electrons. The second-order valence-electron chi connectivity index (χ2n) is 4.70. The van der Waals surface area contributed by atoms with E-state index in [1.54, 1.807) is 0 Å². The predicted molar refractivity (Wildman–Crippen MR) is 75.2 cm³/mol. The van der Waals surface area contributed by atoms with Crippen molar-refractivity contribution in [3.63, 3.8) is 0 Å². The van der Waals surface area contributed by atoms with Crippen LogP contribution in [0.25, 0.3) is 0 Å². The van der Waals surface area contributed by atoms with Crippen molar-refractivity contribution in [1.29, 1.82) is 0 Å². The van der Waals surface area contributed by atoms with Crippen molar-refractivity contribution in [1.82, 2.24) is 15.5 Å². The zero-order valence-electron chi connectivity index (χ0n) is 12.4. The molecule has 1 N–H and O–H groups in total. The van der Waals surface area contributed by atoms with Gasteiger partial charge in [0.25, 0.3) is 0 Å². The molecule has 1 unspecified atom stereocenters. The molecule has 1 aromatic heterocycles. The fourth-order valence-corrected chi connectivity index (χ4v) is 1.97. The van der Waals surface area contributed by atoms with Crippen LogP contribution >= 0.6 is 0 Å². The molecule has 110 valence electrons. The van der Waals surface area contributed by atoms with E-state index >= 15 is 0 Å². The largest absolute Gasteiger partial charge is 0.381 e. The maximum absolute atomic E-state index is 5.30. The minimum atomic E-state index is 0.435. The minimum Gasteiger partial charge on any atom is -0.381 e. The zero-order chi connectivity index (χ0) is 13.9. The van der Waals surface area contributed by atoms with Gasteiger partial charge < -0.3 is 14.6 Å². The number of rotatable bonds is 11. The maximum Gasteiger partial charge on any atom is 0.228 e. The van der Waals surface area contributed by atoms with E-state index < -0.39 is 0 Å². The average Bonchev–Trinajstić information content (AvgIpc) is 2.84. The summed E-state index contributed by atoms with van der Waals surface area (Å²) in [6.45, 7) is 8.77. The van der Waals surface area contributed by atoms with Gasteiger partial charge in [0.15, 0.2) is 5.82 Å². The van der Waals surface area contributed by atoms with Crippen molar-refractivity contribution in [2.24, 2.45) is 0 Å². The molecule has 0 aliphatic rings. The first-order valence-corrected chi connectivity index (χ1v) is 7.42. The summed E-state index contributed by atoms with van der Waals surface area (Å²) in [5.74, 6) is 1.47. The van der Waals surface area contributed by atoms with Gasteiger partial charge in [-0.05, 0) is 26.3 Å². The van der Waals surface area contributed by atoms with Gasteiger partial charge in [-0.2, -0.15) is 4.98 Å². The summed E-state index contributed by atoms with van der Waals surface area (Å²) in [5.41, 5.74) is 0. The van der Waals surface area contributed by atoms with Gasteiger partial charge in [0.2, 0.25) is 5.89 Å². The van der Waals surface area contributed by atoms with Gasteiger partial charge in [0, 0.05) is 25.5 Å². The zero-order valence-corrected chi connectivity index (χ0v) is 12.4. The van der Waals surface area contributed by atoms with Gasteiger partial charge in [-0.1, -0.05) is 25.4 Å². The smallest absolute Gasteiger partial charge is 0.228 e. The van der Waals surface area contributed by atoms with E-state index in [4.69, 9.17) is 9.26 Å². The molecule has 0 amide bonds. The molecule has 1 aromatic rings. The van der Waals surface area contributed by atoms with Crippen LogP contribution in [0, 0.1) is 0 Å². The fraction of sp³-hybridized carbons (Fsp3) is 0.857. The minimum absolute atomic E-state index is 0.435. The Labute approximate surface area is 116 Å². The maximum atomic E-state index is 5.30. The standard InChI is InChI=1S/C14H27N3O2/c1-4-7-12(15-9-5-2)11-14-16-13(17-19-14)8-10-18-6-3/h12,15H,4-11H2,1-3H3. The second kappa shape index (κ2) is 9.92. The van der Waals surface area contributed by atoms with Crippen LogP contribution in [-0.4, -0.2) is 35.9 Å². The van der Waals surface area contributed by atoms with Crippen molar-refractivity contribution >= 4 is 0 Å². The molecule has 0 bridgehead atoms. The second-order valence-corrected chi connectivity index (χ2v) is 4.70. The Hall–Kier alpha value is -0.940. The molecule has 0 aliphatic heterocycles. The van der Waals surface area contributed by atoms with Gasteiger partial charge in [-0.15, -0.1) is 0 Å². The Morgan fingerprint density at radius 2 is 2.11 bits per heavy atom. The van der Waals surface area contributed by atoms with Crippen molar-refractivity contribution in [3.05, 3.63) is 11.7 Å². The van der Waals surface area contributed by atoms with E-state index in [1.807, 2.05) is 6.92 Å². The molecule has 1 atom stereocenters. The van der Waals surface area contributed by atoms with Crippen molar-refractivity contribution in [2.45, 2.75) is 58.9 Å². The van der Waals surface area contributed by atoms with Crippen LogP contribution in [0.5, 0.6) is 0 Å². The average molecular weight is 269 g/mol. The molecule has 0 fully saturated rings. The summed E-state index contributed by atoms with van der Waals surface area (Å²) < 4.78 is 10.6. The lowest BCUT2D eigenvalue weighted by Gasteiger charge is -2.15. The molecule has 5 heteroatoms. The van der Waals surface area contributed by atoms with Gasteiger partial charge >= 0.3 is 0 Å². The van der Waals surface area contributed by atoms with Crippen LogP contribution in [0.4, 0.5) is 0 Å². The number of aromatic nitrogens is 2. The Morgan fingerprint density at radius 1 is 1.26 bits per heavy atom. The van der Waals surface area contributed by atoms with Crippen LogP contribution in [0.3, 0.4) is 0 Å². The summed E-state index contributed by atoms with van der Waals surface area (Å²) in [4.78, 5) is 4.41. The van der Waals surface area contributed by atoms with Crippen molar-refractivity contribution in [2.75, 3.05) is 19.8 Å². The third kappa shape index (κ3) is 6.68. The highest BCUT2D eigenvalue weighted by atomic mass is 16.5. The first kappa shape index (κ1) is 16.1. The lowest BCUT2D eigenvalue weighted by molar-refractivity contribution is 0.149. The molecule has 1 heterocycles. The molecule has 0 aromatic carbocycles. The van der Waals surface area contributed by atoms with Crippen LogP contribution in [-0.2, 0) is 17.6 Å². The molecule has 0 spiro atoms. The Balaban J connectivity index is 2.40. The summed E-state index contributed by atoms with van der Waals surface area (Å²) in [5, 5.41) is 7.52. The molecular weight excluding hydrogens is 242 g/mol. The van der Waals surface area contributed by atoms with Crippen LogP contribution in [0.2, 0.25) is 0 Å². The summed E-state index contributed by atoms with van der Waals surface area (Å²) in [6.07, 6.45) is 4.97. The number of ether oxygens (including phenoxy) is 1. The summed E-state index contributed by atoms with van der Waals surface area (Å²) >= 11 is 0. The molecule has 0 saturated carbocycles. The van der Waals surface area contributed by atoms with E-state index in [-0.39, 0.29) is 0 Å². The van der Waals surface area contributed by atoms with E-state index in [1.165, 1.54) is 0 Å². The monoisotopic (exact) mass is 269 g/mol. The number of hydrogen-bond donors (Lipinski definition) is 1. The predicted octanol–water partition coefficient (Wildman–Crippen LogP) is 2.36. The normalized spacial score (nSPS) is 12.8. The third-order valence-electron chi connectivity index (χ3n) is 2.93. The van der Waals surface area contributed by atoms with E-state index in [0.29, 0.717) is 12.6 Å². The molecular formula is C14H27N3O2. The van der Waals surface area contributed by atoms with Gasteiger partial charge in [0.05, 0.1) is 6.61 Å². The number of nitrogens with zero attached hydrogens (tertiary/aromatic N) is 2. The van der Waals surface area contributed by atoms with E-state index in [9.17, 15) is 0 Å². The first-order valence-electron chi connectivity index (χ1n) is 7.42. The van der Waals surface area contributed by atoms with Crippen molar-refractivity contribution in [3.8, 4) is 0 Å². The number of nitrogens with one attached hydrogen (secondary N) is 1. The highest BCUT2D eigenvalue weighted by Gasteiger charge is 2.13. The highest BCUT2D eigenvalue weighted by molar-refractivity contribution is 4.90. The quantitative estimate of drug-likeness (QED) is 0.625. The SMILES string of the molecule is CCCNC(CCC)Cc1nc(CCOCC)no1. The van der Waals surface area contributed by atoms with Gasteiger partial charge in [-0.25, -0.2) is 0 Å². The van der Waals surface area contributed by atoms with Crippen LogP contribution in [0.1, 0.15) is 51.7 Å². The molecule has 0 saturated heterocycles. The summed E-state index contributed by atoms with van der Waals surface area (Å²) in [7, 11) is 0. The van der Waals surface area contributed by atoms with Crippen molar-refractivity contribution < 1.29 is 9.26 Å². The summed E-state index contributed by atoms with van der Waals surface area (Å²) in [6, 6.07) is 0.435. The highest BCUT2D eigenvalue weighted by Crippen LogP contribution is 2.07. The van der Waals surface area contributed by atoms with Gasteiger partial charge in [-0.3, -0.25) is 0 Å². The Bertz CT molecular complexity index is 328. The molecule has 19 heavy (non-hydrogen) atoms. The fourth-order valence-electron chi connectivity index (χ4n) is 1.97. The Morgan fingerprint density at radius 3 is 2.79 bits per heavy atom. The van der Waals surface area contributed by atoms with Gasteiger partial charge in [0.1, 0.15) is 0 Å². The lowest BCUT2D eigenvalue weighted by atomic mass is 10.1. The third-order valence-corrected chi connectivity index (χ3v) is 2.93. The Kier molecular flexibility index (Phi) is 8.41. The first-order chi connectivity index (χ1) is 9.30. The number of hydrogen-bond acceptors (Lipinski definition) is 5. The van der Waals surface area contributed by atoms with Crippen LogP contribution < -0.4 is 5.32 Å². The molecule has 5 nitrogen and oxygen atoms in total. The topological polar surface area (TPSA) is 60.2 Å².